The minimum Gasteiger partial charge on any atom is -0.478 e. The van der Waals surface area contributed by atoms with E-state index in [1.54, 1.807) is 6.92 Å². The number of hydrogen-bond donors (Lipinski definition) is 1. The summed E-state index contributed by atoms with van der Waals surface area (Å²) in [4.78, 5) is 10.6. The molecule has 0 aromatic heterocycles. The van der Waals surface area contributed by atoms with Crippen molar-refractivity contribution in [3.05, 3.63) is 41.5 Å². The zero-order valence-corrected chi connectivity index (χ0v) is 14.0. The lowest BCUT2D eigenvalue weighted by Gasteiger charge is -2.26. The van der Waals surface area contributed by atoms with E-state index in [0.29, 0.717) is 11.1 Å². The van der Waals surface area contributed by atoms with Crippen LogP contribution in [-0.2, 0) is 24.1 Å². The van der Waals surface area contributed by atoms with Gasteiger partial charge in [0.15, 0.2) is 0 Å². The quantitative estimate of drug-likeness (QED) is 0.553. The molecular formula is C15H19F2O5P. The maximum absolute atomic E-state index is 14.5. The number of aliphatic carboxylic acids is 1. The Balaban J connectivity index is 3.19. The number of carboxylic acids is 1. The van der Waals surface area contributed by atoms with E-state index in [4.69, 9.17) is 14.2 Å². The SMILES string of the molecule is CCOP(=O)(OCC)C(F)(F)c1ccc(C(C)=CC(=O)O)cc1. The van der Waals surface area contributed by atoms with Crippen LogP contribution in [0.1, 0.15) is 31.9 Å². The van der Waals surface area contributed by atoms with Gasteiger partial charge in [-0.25, -0.2) is 4.79 Å². The number of benzene rings is 1. The van der Waals surface area contributed by atoms with Crippen LogP contribution in [0.2, 0.25) is 0 Å². The van der Waals surface area contributed by atoms with Crippen molar-refractivity contribution < 1.29 is 32.3 Å². The van der Waals surface area contributed by atoms with Crippen LogP contribution in [0.15, 0.2) is 30.3 Å². The van der Waals surface area contributed by atoms with Crippen molar-refractivity contribution >= 4 is 19.1 Å². The molecule has 0 aliphatic carbocycles. The Morgan fingerprint density at radius 3 is 2.09 bits per heavy atom. The molecule has 0 heterocycles. The molecular weight excluding hydrogens is 329 g/mol. The lowest BCUT2D eigenvalue weighted by Crippen LogP contribution is -2.18. The van der Waals surface area contributed by atoms with Gasteiger partial charge in [0.2, 0.25) is 0 Å². The number of rotatable bonds is 8. The molecule has 0 aliphatic heterocycles. The van der Waals surface area contributed by atoms with Crippen LogP contribution in [0, 0.1) is 0 Å². The monoisotopic (exact) mass is 348 g/mol. The van der Waals surface area contributed by atoms with Gasteiger partial charge in [0.25, 0.3) is 0 Å². The molecule has 0 atom stereocenters. The van der Waals surface area contributed by atoms with Gasteiger partial charge in [0, 0.05) is 11.6 Å². The van der Waals surface area contributed by atoms with Crippen LogP contribution in [0.3, 0.4) is 0 Å². The van der Waals surface area contributed by atoms with Crippen LogP contribution < -0.4 is 0 Å². The first-order chi connectivity index (χ1) is 10.7. The normalized spacial score (nSPS) is 13.2. The number of alkyl halides is 2. The van der Waals surface area contributed by atoms with E-state index in [0.717, 1.165) is 18.2 Å². The van der Waals surface area contributed by atoms with E-state index in [-0.39, 0.29) is 13.2 Å². The lowest BCUT2D eigenvalue weighted by atomic mass is 10.1. The molecule has 0 bridgehead atoms. The Morgan fingerprint density at radius 2 is 1.70 bits per heavy atom. The maximum Gasteiger partial charge on any atom is 0.404 e. The Morgan fingerprint density at radius 1 is 1.22 bits per heavy atom. The summed E-state index contributed by atoms with van der Waals surface area (Å²) in [7, 11) is -4.65. The molecule has 1 aromatic carbocycles. The van der Waals surface area contributed by atoms with Crippen LogP contribution >= 0.6 is 7.60 Å². The third-order valence-electron chi connectivity index (χ3n) is 2.97. The van der Waals surface area contributed by atoms with Gasteiger partial charge in [0.1, 0.15) is 0 Å². The zero-order chi connectivity index (χ0) is 17.7. The molecule has 1 N–H and O–H groups in total. The Bertz CT molecular complexity index is 615. The lowest BCUT2D eigenvalue weighted by molar-refractivity contribution is -0.131. The van der Waals surface area contributed by atoms with E-state index in [1.807, 2.05) is 0 Å². The number of allylic oxidation sites excluding steroid dienone is 1. The number of carbonyl (C=O) groups is 1. The molecule has 0 amide bonds. The molecule has 23 heavy (non-hydrogen) atoms. The Hall–Kier alpha value is -1.56. The molecule has 128 valence electrons. The average molecular weight is 348 g/mol. The summed E-state index contributed by atoms with van der Waals surface area (Å²) in [6.07, 6.45) is 0.971. The van der Waals surface area contributed by atoms with Crippen molar-refractivity contribution in [2.24, 2.45) is 0 Å². The second kappa shape index (κ2) is 7.81. The summed E-state index contributed by atoms with van der Waals surface area (Å²) in [5.41, 5.74) is -3.45. The fraction of sp³-hybridized carbons (Fsp3) is 0.400. The van der Waals surface area contributed by atoms with Gasteiger partial charge in [-0.3, -0.25) is 4.57 Å². The smallest absolute Gasteiger partial charge is 0.404 e. The predicted octanol–water partition coefficient (Wildman–Crippen LogP) is 4.49. The third-order valence-corrected chi connectivity index (χ3v) is 5.11. The standard InChI is InChI=1S/C15H19F2O5P/c1-4-21-23(20,22-5-2)15(16,17)13-8-6-12(7-9-13)11(3)10-14(18)19/h6-10H,4-5H2,1-3H3,(H,18,19). The molecule has 0 unspecified atom stereocenters. The summed E-state index contributed by atoms with van der Waals surface area (Å²) in [5.74, 6) is -1.13. The first-order valence-corrected chi connectivity index (χ1v) is 8.51. The Labute approximate surface area is 133 Å². The molecule has 1 aromatic rings. The number of halogens is 2. The highest BCUT2D eigenvalue weighted by molar-refractivity contribution is 7.54. The van der Waals surface area contributed by atoms with E-state index < -0.39 is 24.8 Å². The summed E-state index contributed by atoms with van der Waals surface area (Å²) >= 11 is 0. The number of hydrogen-bond acceptors (Lipinski definition) is 4. The summed E-state index contributed by atoms with van der Waals surface area (Å²) < 4.78 is 50.7. The van der Waals surface area contributed by atoms with Gasteiger partial charge >= 0.3 is 19.2 Å². The third kappa shape index (κ3) is 4.47. The predicted molar refractivity (Wildman–Crippen MR) is 82.5 cm³/mol. The highest BCUT2D eigenvalue weighted by Crippen LogP contribution is 2.66. The summed E-state index contributed by atoms with van der Waals surface area (Å²) in [5, 5.41) is 8.69. The largest absolute Gasteiger partial charge is 0.478 e. The van der Waals surface area contributed by atoms with Crippen molar-refractivity contribution in [2.45, 2.75) is 26.4 Å². The van der Waals surface area contributed by atoms with Crippen molar-refractivity contribution in [1.82, 2.24) is 0 Å². The number of carboxylic acid groups (broad SMARTS) is 1. The molecule has 0 saturated carbocycles. The first kappa shape index (κ1) is 19.5. The van der Waals surface area contributed by atoms with Gasteiger partial charge < -0.3 is 14.2 Å². The molecule has 0 saturated heterocycles. The first-order valence-electron chi connectivity index (χ1n) is 6.97. The van der Waals surface area contributed by atoms with Gasteiger partial charge in [0.05, 0.1) is 13.2 Å². The molecule has 0 aliphatic rings. The molecule has 0 radical (unpaired) electrons. The van der Waals surface area contributed by atoms with Gasteiger partial charge in [-0.1, -0.05) is 24.3 Å². The van der Waals surface area contributed by atoms with Crippen molar-refractivity contribution in [3.63, 3.8) is 0 Å². The van der Waals surface area contributed by atoms with E-state index >= 15 is 0 Å². The average Bonchev–Trinajstić information content (AvgIpc) is 2.47. The van der Waals surface area contributed by atoms with Crippen LogP contribution in [0.4, 0.5) is 8.78 Å². The molecule has 8 heteroatoms. The Kier molecular flexibility index (Phi) is 6.62. The highest BCUT2D eigenvalue weighted by Gasteiger charge is 2.54. The fourth-order valence-electron chi connectivity index (χ4n) is 1.90. The van der Waals surface area contributed by atoms with Crippen molar-refractivity contribution in [1.29, 1.82) is 0 Å². The topological polar surface area (TPSA) is 72.8 Å². The fourth-order valence-corrected chi connectivity index (χ4v) is 3.44. The minimum absolute atomic E-state index is 0.175. The van der Waals surface area contributed by atoms with Crippen LogP contribution in [0.5, 0.6) is 0 Å². The van der Waals surface area contributed by atoms with Crippen molar-refractivity contribution in [2.75, 3.05) is 13.2 Å². The van der Waals surface area contributed by atoms with E-state index in [2.05, 4.69) is 0 Å². The molecule has 1 rings (SSSR count). The maximum atomic E-state index is 14.5. The molecule has 0 fully saturated rings. The zero-order valence-electron chi connectivity index (χ0n) is 13.1. The van der Waals surface area contributed by atoms with Crippen LogP contribution in [0.25, 0.3) is 5.57 Å². The van der Waals surface area contributed by atoms with E-state index in [9.17, 15) is 18.1 Å². The van der Waals surface area contributed by atoms with Crippen LogP contribution in [-0.4, -0.2) is 24.3 Å². The molecule has 0 spiro atoms. The summed E-state index contributed by atoms with van der Waals surface area (Å²) in [6, 6.07) is 4.83. The second-order valence-corrected chi connectivity index (χ2v) is 6.69. The van der Waals surface area contributed by atoms with Gasteiger partial charge in [-0.2, -0.15) is 8.78 Å². The molecule has 5 nitrogen and oxygen atoms in total. The highest BCUT2D eigenvalue weighted by atomic mass is 31.2. The second-order valence-electron chi connectivity index (χ2n) is 4.62. The van der Waals surface area contributed by atoms with Crippen molar-refractivity contribution in [3.8, 4) is 0 Å². The van der Waals surface area contributed by atoms with Gasteiger partial charge in [-0.05, 0) is 31.9 Å². The van der Waals surface area contributed by atoms with Gasteiger partial charge in [-0.15, -0.1) is 0 Å². The van der Waals surface area contributed by atoms with E-state index in [1.165, 1.54) is 26.0 Å². The minimum atomic E-state index is -4.65. The summed E-state index contributed by atoms with van der Waals surface area (Å²) in [6.45, 7) is 4.10.